The third kappa shape index (κ3) is 2.20. The van der Waals surface area contributed by atoms with Crippen LogP contribution in [0.3, 0.4) is 0 Å². The molecule has 0 saturated heterocycles. The van der Waals surface area contributed by atoms with Crippen molar-refractivity contribution in [2.75, 3.05) is 14.2 Å². The largest absolute Gasteiger partial charge is 0.504 e. The normalized spacial score (nSPS) is 12.2. The van der Waals surface area contributed by atoms with Crippen LogP contribution in [0.1, 0.15) is 11.9 Å². The molecule has 0 aliphatic heterocycles. The number of phenolic OH excluding ortho intramolecular Hbond substituents is 1. The molecule has 0 bridgehead atoms. The monoisotopic (exact) mass is 229 g/mol. The number of ether oxygens (including phenoxy) is 2. The summed E-state index contributed by atoms with van der Waals surface area (Å²) in [5.41, 5.74) is -0.519. The molecule has 2 N–H and O–H groups in total. The van der Waals surface area contributed by atoms with Gasteiger partial charge in [-0.2, -0.15) is 0 Å². The van der Waals surface area contributed by atoms with Gasteiger partial charge >= 0.3 is 0 Å². The molecular formula is C9H11NO6. The lowest BCUT2D eigenvalue weighted by atomic mass is 10.1. The van der Waals surface area contributed by atoms with Crippen LogP contribution in [-0.4, -0.2) is 29.4 Å². The quantitative estimate of drug-likeness (QED) is 0.452. The minimum Gasteiger partial charge on any atom is -0.504 e. The minimum atomic E-state index is -1.47. The van der Waals surface area contributed by atoms with Crippen LogP contribution in [-0.2, 0) is 4.74 Å². The number of methoxy groups -OCH3 is 2. The standard InChI is InChI=1S/C9H11NO6/c1-15-8-4-6(10(13)14)5(3-7(8)11)9(12)16-2/h3-4,9,11-12H,1-2H3. The zero-order valence-corrected chi connectivity index (χ0v) is 8.71. The second kappa shape index (κ2) is 4.77. The van der Waals surface area contributed by atoms with Crippen molar-refractivity contribution >= 4 is 5.69 Å². The SMILES string of the molecule is COc1cc([N+](=O)[O-])c(C(O)OC)cc1O. The highest BCUT2D eigenvalue weighted by Gasteiger charge is 2.23. The van der Waals surface area contributed by atoms with Gasteiger partial charge in [-0.25, -0.2) is 0 Å². The fourth-order valence-electron chi connectivity index (χ4n) is 1.22. The van der Waals surface area contributed by atoms with Gasteiger partial charge in [0.2, 0.25) is 0 Å². The Morgan fingerprint density at radius 1 is 1.44 bits per heavy atom. The lowest BCUT2D eigenvalue weighted by Gasteiger charge is -2.11. The number of benzene rings is 1. The van der Waals surface area contributed by atoms with Gasteiger partial charge in [0.05, 0.1) is 23.7 Å². The fraction of sp³-hybridized carbons (Fsp3) is 0.333. The van der Waals surface area contributed by atoms with Crippen molar-refractivity contribution in [2.45, 2.75) is 6.29 Å². The van der Waals surface area contributed by atoms with Crippen molar-refractivity contribution in [3.63, 3.8) is 0 Å². The Hall–Kier alpha value is -1.86. The second-order valence-electron chi connectivity index (χ2n) is 2.93. The molecule has 1 aromatic carbocycles. The number of aliphatic hydroxyl groups is 1. The van der Waals surface area contributed by atoms with E-state index in [1.165, 1.54) is 14.2 Å². The number of rotatable bonds is 4. The Morgan fingerprint density at radius 2 is 2.06 bits per heavy atom. The van der Waals surface area contributed by atoms with Crippen LogP contribution in [0.2, 0.25) is 0 Å². The van der Waals surface area contributed by atoms with Gasteiger partial charge in [0.25, 0.3) is 5.69 Å². The number of nitro benzene ring substituents is 1. The van der Waals surface area contributed by atoms with Gasteiger partial charge < -0.3 is 19.7 Å². The molecule has 88 valence electrons. The van der Waals surface area contributed by atoms with E-state index in [2.05, 4.69) is 4.74 Å². The summed E-state index contributed by atoms with van der Waals surface area (Å²) in [5.74, 6) is -0.349. The minimum absolute atomic E-state index is 0.0428. The first-order valence-corrected chi connectivity index (χ1v) is 4.27. The van der Waals surface area contributed by atoms with E-state index in [4.69, 9.17) is 4.74 Å². The Labute approximate surface area is 91.0 Å². The van der Waals surface area contributed by atoms with Gasteiger partial charge in [-0.15, -0.1) is 0 Å². The third-order valence-electron chi connectivity index (χ3n) is 2.01. The average molecular weight is 229 g/mol. The van der Waals surface area contributed by atoms with E-state index in [1.54, 1.807) is 0 Å². The number of nitrogens with zero attached hydrogens (tertiary/aromatic N) is 1. The first-order chi connectivity index (χ1) is 7.51. The molecule has 0 spiro atoms. The van der Waals surface area contributed by atoms with Crippen molar-refractivity contribution in [1.29, 1.82) is 0 Å². The predicted molar refractivity (Wildman–Crippen MR) is 53.3 cm³/mol. The Balaban J connectivity index is 3.36. The number of hydrogen-bond acceptors (Lipinski definition) is 6. The summed E-state index contributed by atoms with van der Waals surface area (Å²) >= 11 is 0. The molecule has 7 heteroatoms. The van der Waals surface area contributed by atoms with Gasteiger partial charge in [0, 0.05) is 7.11 Å². The average Bonchev–Trinajstić information content (AvgIpc) is 2.27. The molecule has 16 heavy (non-hydrogen) atoms. The summed E-state index contributed by atoms with van der Waals surface area (Å²) in [6.07, 6.45) is -1.47. The second-order valence-corrected chi connectivity index (χ2v) is 2.93. The summed E-state index contributed by atoms with van der Waals surface area (Å²) in [6.45, 7) is 0. The molecule has 1 unspecified atom stereocenters. The van der Waals surface area contributed by atoms with E-state index >= 15 is 0 Å². The van der Waals surface area contributed by atoms with E-state index in [-0.39, 0.29) is 22.7 Å². The summed E-state index contributed by atoms with van der Waals surface area (Å²) < 4.78 is 9.28. The molecule has 1 aromatic rings. The van der Waals surface area contributed by atoms with Gasteiger partial charge in [-0.1, -0.05) is 0 Å². The molecule has 0 amide bonds. The van der Waals surface area contributed by atoms with E-state index in [1.807, 2.05) is 0 Å². The number of phenols is 1. The van der Waals surface area contributed by atoms with Crippen molar-refractivity contribution in [1.82, 2.24) is 0 Å². The maximum atomic E-state index is 10.7. The highest BCUT2D eigenvalue weighted by atomic mass is 16.6. The molecule has 0 heterocycles. The highest BCUT2D eigenvalue weighted by molar-refractivity contribution is 5.54. The topological polar surface area (TPSA) is 102 Å². The van der Waals surface area contributed by atoms with Gasteiger partial charge in [0.15, 0.2) is 17.8 Å². The van der Waals surface area contributed by atoms with Crippen LogP contribution in [0.25, 0.3) is 0 Å². The zero-order valence-electron chi connectivity index (χ0n) is 8.71. The van der Waals surface area contributed by atoms with Crippen LogP contribution >= 0.6 is 0 Å². The molecule has 1 rings (SSSR count). The van der Waals surface area contributed by atoms with Crippen molar-refractivity contribution < 1.29 is 24.6 Å². The van der Waals surface area contributed by atoms with E-state index in [0.29, 0.717) is 0 Å². The molecule has 0 saturated carbocycles. The first-order valence-electron chi connectivity index (χ1n) is 4.27. The molecule has 0 aliphatic rings. The van der Waals surface area contributed by atoms with Crippen molar-refractivity contribution in [3.05, 3.63) is 27.8 Å². The smallest absolute Gasteiger partial charge is 0.281 e. The Kier molecular flexibility index (Phi) is 3.64. The predicted octanol–water partition coefficient (Wildman–Crippen LogP) is 0.946. The Bertz CT molecular complexity index is 405. The molecular weight excluding hydrogens is 218 g/mol. The first kappa shape index (κ1) is 12.2. The maximum Gasteiger partial charge on any atom is 0.281 e. The molecule has 7 nitrogen and oxygen atoms in total. The number of hydrogen-bond donors (Lipinski definition) is 2. The zero-order chi connectivity index (χ0) is 12.3. The lowest BCUT2D eigenvalue weighted by molar-refractivity contribution is -0.387. The number of aromatic hydroxyl groups is 1. The Morgan fingerprint density at radius 3 is 2.50 bits per heavy atom. The fourth-order valence-corrected chi connectivity index (χ4v) is 1.22. The van der Waals surface area contributed by atoms with Crippen LogP contribution in [0.4, 0.5) is 5.69 Å². The number of nitro groups is 1. The van der Waals surface area contributed by atoms with Crippen molar-refractivity contribution in [2.24, 2.45) is 0 Å². The molecule has 0 aromatic heterocycles. The van der Waals surface area contributed by atoms with Gasteiger partial charge in [-0.05, 0) is 6.07 Å². The third-order valence-corrected chi connectivity index (χ3v) is 2.01. The maximum absolute atomic E-state index is 10.7. The molecule has 0 radical (unpaired) electrons. The summed E-state index contributed by atoms with van der Waals surface area (Å²) in [7, 11) is 2.46. The van der Waals surface area contributed by atoms with Crippen LogP contribution in [0.5, 0.6) is 11.5 Å². The van der Waals surface area contributed by atoms with E-state index < -0.39 is 11.2 Å². The summed E-state index contributed by atoms with van der Waals surface area (Å²) in [5, 5.41) is 29.5. The van der Waals surface area contributed by atoms with Crippen LogP contribution < -0.4 is 4.74 Å². The lowest BCUT2D eigenvalue weighted by Crippen LogP contribution is -2.04. The summed E-state index contributed by atoms with van der Waals surface area (Å²) in [6, 6.07) is 2.05. The van der Waals surface area contributed by atoms with Crippen molar-refractivity contribution in [3.8, 4) is 11.5 Å². The van der Waals surface area contributed by atoms with Crippen LogP contribution in [0, 0.1) is 10.1 Å². The number of aliphatic hydroxyl groups excluding tert-OH is 1. The highest BCUT2D eigenvalue weighted by Crippen LogP contribution is 2.36. The molecule has 0 aliphatic carbocycles. The van der Waals surface area contributed by atoms with Gasteiger partial charge in [0.1, 0.15) is 0 Å². The van der Waals surface area contributed by atoms with Gasteiger partial charge in [-0.3, -0.25) is 10.1 Å². The van der Waals surface area contributed by atoms with E-state index in [9.17, 15) is 20.3 Å². The van der Waals surface area contributed by atoms with Crippen LogP contribution in [0.15, 0.2) is 12.1 Å². The molecule has 0 fully saturated rings. The van der Waals surface area contributed by atoms with E-state index in [0.717, 1.165) is 12.1 Å². The summed E-state index contributed by atoms with van der Waals surface area (Å²) in [4.78, 5) is 10.0. The molecule has 1 atom stereocenters.